The predicted molar refractivity (Wildman–Crippen MR) is 102 cm³/mol. The second kappa shape index (κ2) is 8.63. The summed E-state index contributed by atoms with van der Waals surface area (Å²) in [5.41, 5.74) is -0.528. The lowest BCUT2D eigenvalue weighted by Gasteiger charge is -2.43. The summed E-state index contributed by atoms with van der Waals surface area (Å²) < 4.78 is 57.5. The number of carbonyl (C=O) groups is 1. The van der Waals surface area contributed by atoms with Crippen molar-refractivity contribution in [2.45, 2.75) is 44.0 Å². The Balaban J connectivity index is 1.79. The van der Waals surface area contributed by atoms with Gasteiger partial charge >= 0.3 is 12.3 Å². The summed E-state index contributed by atoms with van der Waals surface area (Å²) >= 11 is 0. The van der Waals surface area contributed by atoms with Gasteiger partial charge in [-0.2, -0.15) is 13.2 Å². The van der Waals surface area contributed by atoms with Crippen LogP contribution in [0, 0.1) is 5.82 Å². The maximum atomic E-state index is 13.3. The highest BCUT2D eigenvalue weighted by molar-refractivity contribution is 5.70. The van der Waals surface area contributed by atoms with Gasteiger partial charge < -0.3 is 14.7 Å². The van der Waals surface area contributed by atoms with Crippen LogP contribution in [0.1, 0.15) is 48.9 Å². The zero-order chi connectivity index (χ0) is 21.9. The number of amides is 1. The van der Waals surface area contributed by atoms with Crippen LogP contribution in [0.15, 0.2) is 48.5 Å². The molecule has 0 spiro atoms. The number of hydrogen-bond donors (Lipinski definition) is 1. The second-order valence-electron chi connectivity index (χ2n) is 7.44. The molecule has 0 saturated carbocycles. The van der Waals surface area contributed by atoms with Crippen LogP contribution in [-0.4, -0.2) is 29.3 Å². The molecule has 30 heavy (non-hydrogen) atoms. The van der Waals surface area contributed by atoms with E-state index in [2.05, 4.69) is 0 Å². The molecule has 3 rings (SSSR count). The summed E-state index contributed by atoms with van der Waals surface area (Å²) in [5.74, 6) is -0.407. The monoisotopic (exact) mass is 425 g/mol. The minimum absolute atomic E-state index is 0.0772. The van der Waals surface area contributed by atoms with Gasteiger partial charge in [-0.3, -0.25) is 0 Å². The molecule has 0 radical (unpaired) electrons. The first-order valence-electron chi connectivity index (χ1n) is 9.70. The van der Waals surface area contributed by atoms with Crippen LogP contribution < -0.4 is 0 Å². The third-order valence-electron chi connectivity index (χ3n) is 5.57. The number of alkyl halides is 3. The number of cyclic esters (lactones) is 1. The van der Waals surface area contributed by atoms with Crippen LogP contribution in [0.2, 0.25) is 0 Å². The van der Waals surface area contributed by atoms with Gasteiger partial charge in [0.1, 0.15) is 11.4 Å². The molecule has 2 atom stereocenters. The predicted octanol–water partition coefficient (Wildman–Crippen LogP) is 5.42. The summed E-state index contributed by atoms with van der Waals surface area (Å²) in [5, 5.41) is 9.25. The Hall–Kier alpha value is -2.61. The highest BCUT2D eigenvalue weighted by Gasteiger charge is 2.43. The molecule has 2 aromatic carbocycles. The zero-order valence-corrected chi connectivity index (χ0v) is 16.5. The molecular weight excluding hydrogens is 402 g/mol. The van der Waals surface area contributed by atoms with Gasteiger partial charge in [0.05, 0.1) is 11.6 Å². The summed E-state index contributed by atoms with van der Waals surface area (Å²) in [6, 6.07) is 9.93. The molecule has 0 aromatic heterocycles. The van der Waals surface area contributed by atoms with Crippen molar-refractivity contribution < 1.29 is 32.2 Å². The number of benzene rings is 2. The molecule has 8 heteroatoms. The van der Waals surface area contributed by atoms with Gasteiger partial charge in [0.15, 0.2) is 0 Å². The van der Waals surface area contributed by atoms with Gasteiger partial charge in [0.25, 0.3) is 0 Å². The molecular formula is C22H23F4NO3. The summed E-state index contributed by atoms with van der Waals surface area (Å²) in [7, 11) is 0. The molecule has 1 heterocycles. The van der Waals surface area contributed by atoms with E-state index in [4.69, 9.17) is 4.74 Å². The van der Waals surface area contributed by atoms with E-state index in [-0.39, 0.29) is 6.61 Å². The SMILES string of the molecule is C[C@@H](c1ccc(C(F)(F)F)cc1)N1CC[C@](CCCO)(c2ccc(F)cc2)OC1=O. The lowest BCUT2D eigenvalue weighted by atomic mass is 9.84. The molecule has 162 valence electrons. The third-order valence-corrected chi connectivity index (χ3v) is 5.57. The first-order chi connectivity index (χ1) is 14.2. The molecule has 1 saturated heterocycles. The Labute approximate surface area is 172 Å². The molecule has 0 unspecified atom stereocenters. The number of carbonyl (C=O) groups excluding carboxylic acids is 1. The molecule has 1 aliphatic heterocycles. The average Bonchev–Trinajstić information content (AvgIpc) is 2.72. The normalized spacial score (nSPS) is 20.7. The van der Waals surface area contributed by atoms with E-state index < -0.39 is 35.3 Å². The lowest BCUT2D eigenvalue weighted by Crippen LogP contribution is -2.48. The molecule has 0 bridgehead atoms. The van der Waals surface area contributed by atoms with Gasteiger partial charge in [-0.15, -0.1) is 0 Å². The van der Waals surface area contributed by atoms with Crippen molar-refractivity contribution in [3.05, 3.63) is 71.0 Å². The molecule has 2 aromatic rings. The van der Waals surface area contributed by atoms with Crippen molar-refractivity contribution in [3.63, 3.8) is 0 Å². The van der Waals surface area contributed by atoms with E-state index in [0.29, 0.717) is 36.9 Å². The van der Waals surface area contributed by atoms with Crippen molar-refractivity contribution in [2.75, 3.05) is 13.2 Å². The standard InChI is InChI=1S/C22H23F4NO3/c1-15(16-3-5-18(6-4-16)22(24,25)26)27-13-12-21(11-2-14-28,30-20(27)29)17-7-9-19(23)10-8-17/h3-10,15,28H,2,11-14H2,1H3/t15-,21+/m0/s1. The maximum Gasteiger partial charge on any atom is 0.416 e. The Kier molecular flexibility index (Phi) is 6.36. The second-order valence-corrected chi connectivity index (χ2v) is 7.44. The van der Waals surface area contributed by atoms with Crippen LogP contribution >= 0.6 is 0 Å². The third kappa shape index (κ3) is 4.59. The number of ether oxygens (including phenoxy) is 1. The Morgan fingerprint density at radius 2 is 1.77 bits per heavy atom. The summed E-state index contributed by atoms with van der Waals surface area (Å²) in [4.78, 5) is 14.3. The van der Waals surface area contributed by atoms with Gasteiger partial charge in [-0.25, -0.2) is 9.18 Å². The van der Waals surface area contributed by atoms with E-state index >= 15 is 0 Å². The number of rotatable bonds is 6. The number of aliphatic hydroxyl groups excluding tert-OH is 1. The molecule has 1 fully saturated rings. The highest BCUT2D eigenvalue weighted by atomic mass is 19.4. The van der Waals surface area contributed by atoms with Crippen molar-refractivity contribution in [1.82, 2.24) is 4.90 Å². The van der Waals surface area contributed by atoms with Crippen molar-refractivity contribution in [1.29, 1.82) is 0 Å². The largest absolute Gasteiger partial charge is 0.438 e. The van der Waals surface area contributed by atoms with Gasteiger partial charge in [-0.05, 0) is 55.2 Å². The fraction of sp³-hybridized carbons (Fsp3) is 0.409. The molecule has 1 N–H and O–H groups in total. The lowest BCUT2D eigenvalue weighted by molar-refractivity contribution is -0.137. The minimum atomic E-state index is -4.42. The molecule has 1 amide bonds. The average molecular weight is 425 g/mol. The van der Waals surface area contributed by atoms with E-state index in [9.17, 15) is 27.5 Å². The van der Waals surface area contributed by atoms with Gasteiger partial charge in [0.2, 0.25) is 0 Å². The van der Waals surface area contributed by atoms with Crippen molar-refractivity contribution in [3.8, 4) is 0 Å². The highest BCUT2D eigenvalue weighted by Crippen LogP contribution is 2.40. The van der Waals surface area contributed by atoms with Gasteiger partial charge in [-0.1, -0.05) is 24.3 Å². The van der Waals surface area contributed by atoms with Crippen LogP contribution in [0.5, 0.6) is 0 Å². The number of hydrogen-bond acceptors (Lipinski definition) is 3. The number of nitrogens with zero attached hydrogens (tertiary/aromatic N) is 1. The van der Waals surface area contributed by atoms with Crippen molar-refractivity contribution in [2.24, 2.45) is 0 Å². The first kappa shape index (κ1) is 22.1. The maximum absolute atomic E-state index is 13.3. The Bertz CT molecular complexity index is 867. The van der Waals surface area contributed by atoms with E-state index in [0.717, 1.165) is 12.1 Å². The van der Waals surface area contributed by atoms with Gasteiger partial charge in [0, 0.05) is 19.6 Å². The fourth-order valence-electron chi connectivity index (χ4n) is 3.79. The zero-order valence-electron chi connectivity index (χ0n) is 16.5. The minimum Gasteiger partial charge on any atom is -0.438 e. The number of aliphatic hydroxyl groups is 1. The van der Waals surface area contributed by atoms with E-state index in [1.807, 2.05) is 0 Å². The van der Waals surface area contributed by atoms with E-state index in [1.165, 1.54) is 29.2 Å². The molecule has 1 aliphatic rings. The molecule has 4 nitrogen and oxygen atoms in total. The van der Waals surface area contributed by atoms with Crippen LogP contribution in [-0.2, 0) is 16.5 Å². The Morgan fingerprint density at radius 1 is 1.13 bits per heavy atom. The topological polar surface area (TPSA) is 49.8 Å². The van der Waals surface area contributed by atoms with Crippen LogP contribution in [0.4, 0.5) is 22.4 Å². The van der Waals surface area contributed by atoms with Crippen molar-refractivity contribution >= 4 is 6.09 Å². The first-order valence-corrected chi connectivity index (χ1v) is 9.70. The Morgan fingerprint density at radius 3 is 2.30 bits per heavy atom. The smallest absolute Gasteiger partial charge is 0.416 e. The van der Waals surface area contributed by atoms with Crippen LogP contribution in [0.25, 0.3) is 0 Å². The summed E-state index contributed by atoms with van der Waals surface area (Å²) in [6.07, 6.45) is -3.83. The van der Waals surface area contributed by atoms with E-state index in [1.54, 1.807) is 19.1 Å². The van der Waals surface area contributed by atoms with Crippen LogP contribution in [0.3, 0.4) is 0 Å². The quantitative estimate of drug-likeness (QED) is 0.629. The molecule has 0 aliphatic carbocycles. The fourth-order valence-corrected chi connectivity index (χ4v) is 3.79. The summed E-state index contributed by atoms with van der Waals surface area (Å²) in [6.45, 7) is 1.96. The number of halogens is 4.